The highest BCUT2D eigenvalue weighted by Gasteiger charge is 2.16. The van der Waals surface area contributed by atoms with Crippen molar-refractivity contribution in [1.82, 2.24) is 0 Å². The largest absolute Gasteiger partial charge is 0.478 e. The van der Waals surface area contributed by atoms with Crippen LogP contribution in [0.2, 0.25) is 0 Å². The van der Waals surface area contributed by atoms with Crippen LogP contribution in [0.5, 0.6) is 0 Å². The van der Waals surface area contributed by atoms with Gasteiger partial charge in [-0.25, -0.2) is 4.79 Å². The highest BCUT2D eigenvalue weighted by atomic mass is 16.4. The maximum absolute atomic E-state index is 11.5. The molecule has 0 fully saturated rings. The number of rotatable bonds is 4. The zero-order chi connectivity index (χ0) is 18.0. The van der Waals surface area contributed by atoms with Crippen LogP contribution in [0.4, 0.5) is 11.4 Å². The number of anilines is 1. The molecule has 3 rings (SSSR count). The molecule has 4 nitrogen and oxygen atoms in total. The molecule has 0 atom stereocenters. The Morgan fingerprint density at radius 3 is 2.20 bits per heavy atom. The first kappa shape index (κ1) is 16.7. The first-order valence-corrected chi connectivity index (χ1v) is 8.08. The second-order valence-corrected chi connectivity index (χ2v) is 6.01. The summed E-state index contributed by atoms with van der Waals surface area (Å²) in [5, 5.41) is 12.4. The lowest BCUT2D eigenvalue weighted by atomic mass is 9.96. The Balaban J connectivity index is 2.03. The van der Waals surface area contributed by atoms with Crippen LogP contribution in [-0.2, 0) is 0 Å². The van der Waals surface area contributed by atoms with E-state index in [9.17, 15) is 9.90 Å². The van der Waals surface area contributed by atoms with Gasteiger partial charge in [-0.2, -0.15) is 0 Å². The maximum atomic E-state index is 11.5. The summed E-state index contributed by atoms with van der Waals surface area (Å²) in [7, 11) is 1.70. The van der Waals surface area contributed by atoms with E-state index in [0.29, 0.717) is 11.4 Å². The lowest BCUT2D eigenvalue weighted by Gasteiger charge is -2.11. The molecule has 0 aliphatic rings. The Morgan fingerprint density at radius 2 is 1.60 bits per heavy atom. The summed E-state index contributed by atoms with van der Waals surface area (Å²) in [5.74, 6) is -0.965. The van der Waals surface area contributed by atoms with Crippen molar-refractivity contribution in [2.45, 2.75) is 6.92 Å². The number of hydrogen-bond acceptors (Lipinski definition) is 2. The Kier molecular flexibility index (Phi) is 4.55. The van der Waals surface area contributed by atoms with E-state index in [1.54, 1.807) is 13.1 Å². The fraction of sp³-hybridized carbons (Fsp3) is 0.0952. The van der Waals surface area contributed by atoms with Crippen LogP contribution in [0.3, 0.4) is 0 Å². The Hall–Kier alpha value is -3.11. The van der Waals surface area contributed by atoms with Gasteiger partial charge in [0.2, 0.25) is 0 Å². The monoisotopic (exact) mass is 333 g/mol. The number of aryl methyl sites for hydroxylation is 1. The molecule has 0 saturated carbocycles. The minimum absolute atomic E-state index is 0.230. The second kappa shape index (κ2) is 6.79. The third-order valence-electron chi connectivity index (χ3n) is 4.37. The van der Waals surface area contributed by atoms with Gasteiger partial charge in [0, 0.05) is 13.1 Å². The van der Waals surface area contributed by atoms with Gasteiger partial charge >= 0.3 is 5.97 Å². The number of aromatic carboxylic acids is 1. The minimum Gasteiger partial charge on any atom is -0.478 e. The molecule has 4 heteroatoms. The van der Waals surface area contributed by atoms with E-state index in [1.165, 1.54) is 11.1 Å². The molecular weight excluding hydrogens is 312 g/mol. The molecule has 0 radical (unpaired) electrons. The molecule has 3 aromatic carbocycles. The van der Waals surface area contributed by atoms with Crippen LogP contribution in [-0.4, -0.2) is 18.1 Å². The number of carboxylic acids is 1. The van der Waals surface area contributed by atoms with Crippen molar-refractivity contribution in [2.24, 2.45) is 0 Å². The molecule has 5 N–H and O–H groups in total. The summed E-state index contributed by atoms with van der Waals surface area (Å²) in [6.45, 7) is 2.09. The van der Waals surface area contributed by atoms with Crippen molar-refractivity contribution in [3.8, 4) is 22.3 Å². The summed E-state index contributed by atoms with van der Waals surface area (Å²) < 4.78 is 0. The summed E-state index contributed by atoms with van der Waals surface area (Å²) in [6.07, 6.45) is 0. The summed E-state index contributed by atoms with van der Waals surface area (Å²) in [4.78, 5) is 11.5. The second-order valence-electron chi connectivity index (χ2n) is 6.01. The van der Waals surface area contributed by atoms with E-state index in [-0.39, 0.29) is 5.56 Å². The van der Waals surface area contributed by atoms with E-state index in [1.807, 2.05) is 30.3 Å². The Morgan fingerprint density at radius 1 is 0.960 bits per heavy atom. The van der Waals surface area contributed by atoms with E-state index in [0.717, 1.165) is 16.7 Å². The Bertz CT molecular complexity index is 931. The summed E-state index contributed by atoms with van der Waals surface area (Å²) >= 11 is 0. The number of benzene rings is 3. The van der Waals surface area contributed by atoms with Crippen LogP contribution in [0.25, 0.3) is 22.3 Å². The standard InChI is InChI=1S/C21H20N2O2/c1-13-5-3-4-6-17(13)15-9-7-14(8-10-15)16-11-18(21(24)25)20(23-2)19(22)12-16/h3-12,23H,22H2,1-2H3,(H,24,25)/p+1. The van der Waals surface area contributed by atoms with Gasteiger partial charge in [0.25, 0.3) is 0 Å². The molecule has 0 saturated heterocycles. The van der Waals surface area contributed by atoms with Crippen LogP contribution in [0, 0.1) is 6.92 Å². The van der Waals surface area contributed by atoms with Crippen molar-refractivity contribution in [2.75, 3.05) is 12.4 Å². The van der Waals surface area contributed by atoms with Crippen LogP contribution < -0.4 is 11.1 Å². The first-order chi connectivity index (χ1) is 12.0. The molecule has 0 aromatic heterocycles. The third kappa shape index (κ3) is 3.25. The van der Waals surface area contributed by atoms with Crippen molar-refractivity contribution in [3.63, 3.8) is 0 Å². The maximum Gasteiger partial charge on any atom is 0.338 e. The molecule has 0 heterocycles. The highest BCUT2D eigenvalue weighted by molar-refractivity contribution is 5.98. The number of nitrogens with one attached hydrogen (secondary N) is 1. The molecule has 25 heavy (non-hydrogen) atoms. The highest BCUT2D eigenvalue weighted by Crippen LogP contribution is 2.32. The Labute approximate surface area is 146 Å². The van der Waals surface area contributed by atoms with Crippen LogP contribution in [0.15, 0.2) is 60.7 Å². The topological polar surface area (TPSA) is 77.0 Å². The molecule has 0 amide bonds. The number of carboxylic acid groups (broad SMARTS) is 1. The zero-order valence-electron chi connectivity index (χ0n) is 14.3. The number of hydrogen-bond donors (Lipinski definition) is 3. The van der Waals surface area contributed by atoms with Crippen molar-refractivity contribution < 1.29 is 15.6 Å². The minimum atomic E-state index is -0.965. The fourth-order valence-electron chi connectivity index (χ4n) is 3.07. The van der Waals surface area contributed by atoms with Gasteiger partial charge in [-0.05, 0) is 40.8 Å². The lowest BCUT2D eigenvalue weighted by Crippen LogP contribution is -2.41. The van der Waals surface area contributed by atoms with Gasteiger partial charge in [-0.3, -0.25) is 0 Å². The van der Waals surface area contributed by atoms with Gasteiger partial charge in [0.1, 0.15) is 5.69 Å². The number of carbonyl (C=O) groups is 1. The average Bonchev–Trinajstić information content (AvgIpc) is 2.61. The van der Waals surface area contributed by atoms with Crippen LogP contribution in [0.1, 0.15) is 15.9 Å². The molecule has 0 bridgehead atoms. The normalized spacial score (nSPS) is 10.5. The van der Waals surface area contributed by atoms with Crippen molar-refractivity contribution in [3.05, 3.63) is 71.8 Å². The van der Waals surface area contributed by atoms with Gasteiger partial charge in [-0.15, -0.1) is 0 Å². The summed E-state index contributed by atoms with van der Waals surface area (Å²) in [5.41, 5.74) is 10.8. The van der Waals surface area contributed by atoms with E-state index < -0.39 is 5.97 Å². The smallest absolute Gasteiger partial charge is 0.338 e. The van der Waals surface area contributed by atoms with Crippen LogP contribution >= 0.6 is 0 Å². The van der Waals surface area contributed by atoms with Gasteiger partial charge in [0.05, 0.1) is 5.56 Å². The SMILES string of the molecule is CNc1c([NH3+])cc(-c2ccc(-c3ccccc3C)cc2)cc1C(=O)O. The predicted molar refractivity (Wildman–Crippen MR) is 101 cm³/mol. The van der Waals surface area contributed by atoms with Gasteiger partial charge < -0.3 is 16.2 Å². The first-order valence-electron chi connectivity index (χ1n) is 8.08. The predicted octanol–water partition coefficient (Wildman–Crippen LogP) is 3.94. The molecule has 0 aliphatic carbocycles. The molecule has 126 valence electrons. The molecule has 0 unspecified atom stereocenters. The van der Waals surface area contributed by atoms with E-state index in [4.69, 9.17) is 0 Å². The van der Waals surface area contributed by atoms with Gasteiger partial charge in [-0.1, -0.05) is 48.5 Å². The lowest BCUT2D eigenvalue weighted by molar-refractivity contribution is -0.253. The zero-order valence-corrected chi connectivity index (χ0v) is 14.3. The van der Waals surface area contributed by atoms with Crippen molar-refractivity contribution >= 4 is 17.3 Å². The van der Waals surface area contributed by atoms with Crippen molar-refractivity contribution in [1.29, 1.82) is 0 Å². The van der Waals surface area contributed by atoms with E-state index >= 15 is 0 Å². The average molecular weight is 333 g/mol. The fourth-order valence-corrected chi connectivity index (χ4v) is 3.07. The molecule has 0 spiro atoms. The third-order valence-corrected chi connectivity index (χ3v) is 4.37. The van der Waals surface area contributed by atoms with E-state index in [2.05, 4.69) is 42.2 Å². The summed E-state index contributed by atoms with van der Waals surface area (Å²) in [6, 6.07) is 20.0. The molecule has 3 aromatic rings. The quantitative estimate of drug-likeness (QED) is 0.677. The number of quaternary nitrogens is 1. The molecule has 0 aliphatic heterocycles. The molecular formula is C21H21N2O2+. The van der Waals surface area contributed by atoms with Gasteiger partial charge in [0.15, 0.2) is 5.69 Å².